The zero-order valence-electron chi connectivity index (χ0n) is 10.8. The van der Waals surface area contributed by atoms with Crippen molar-refractivity contribution in [1.29, 1.82) is 0 Å². The lowest BCUT2D eigenvalue weighted by atomic mass is 10.1. The summed E-state index contributed by atoms with van der Waals surface area (Å²) < 4.78 is 0. The average molecular weight is 249 g/mol. The molecule has 0 radical (unpaired) electrons. The lowest BCUT2D eigenvalue weighted by Gasteiger charge is -2.11. The lowest BCUT2D eigenvalue weighted by Crippen LogP contribution is -2.24. The fourth-order valence-corrected chi connectivity index (χ4v) is 1.73. The van der Waals surface area contributed by atoms with Gasteiger partial charge in [-0.3, -0.25) is 4.79 Å². The molecule has 1 atom stereocenters. The first-order chi connectivity index (χ1) is 9.25. The van der Waals surface area contributed by atoms with E-state index in [9.17, 15) is 4.79 Å². The minimum absolute atomic E-state index is 0.0868. The lowest BCUT2D eigenvalue weighted by molar-refractivity contribution is -0.119. The second kappa shape index (κ2) is 6.42. The number of carbonyl (C=O) groups is 1. The van der Waals surface area contributed by atoms with Crippen molar-refractivity contribution >= 4 is 5.91 Å². The monoisotopic (exact) mass is 249 g/mol. The van der Waals surface area contributed by atoms with Crippen LogP contribution in [0.25, 0.3) is 0 Å². The number of nitrogens with one attached hydrogen (secondary N) is 1. The van der Waals surface area contributed by atoms with Crippen molar-refractivity contribution in [3.05, 3.63) is 71.8 Å². The fourth-order valence-electron chi connectivity index (χ4n) is 1.73. The summed E-state index contributed by atoms with van der Waals surface area (Å²) in [7, 11) is 0. The molecule has 0 aliphatic carbocycles. The Morgan fingerprint density at radius 2 is 1.58 bits per heavy atom. The standard InChI is InChI=1S/C17H15NO/c1-14(19)18-17(16-10-6-3-7-11-16)13-12-15-8-4-2-5-9-15/h2-11,17H,1H3,(H,18,19)/t17-/m1/s1. The Morgan fingerprint density at radius 1 is 1.00 bits per heavy atom. The molecule has 19 heavy (non-hydrogen) atoms. The quantitative estimate of drug-likeness (QED) is 0.815. The molecule has 0 aromatic heterocycles. The molecule has 2 aromatic rings. The normalized spacial score (nSPS) is 11.0. The van der Waals surface area contributed by atoms with Crippen LogP contribution in [0.5, 0.6) is 0 Å². The molecule has 2 rings (SSSR count). The predicted octanol–water partition coefficient (Wildman–Crippen LogP) is 2.92. The third-order valence-electron chi connectivity index (χ3n) is 2.62. The number of amides is 1. The molecule has 0 unspecified atom stereocenters. The van der Waals surface area contributed by atoms with Crippen LogP contribution >= 0.6 is 0 Å². The zero-order chi connectivity index (χ0) is 13.5. The van der Waals surface area contributed by atoms with Crippen LogP contribution in [0.4, 0.5) is 0 Å². The Balaban J connectivity index is 2.25. The Morgan fingerprint density at radius 3 is 2.16 bits per heavy atom. The molecule has 0 heterocycles. The maximum Gasteiger partial charge on any atom is 0.218 e. The van der Waals surface area contributed by atoms with Gasteiger partial charge in [0.2, 0.25) is 5.91 Å². The van der Waals surface area contributed by atoms with E-state index < -0.39 is 0 Å². The molecule has 0 bridgehead atoms. The number of benzene rings is 2. The Labute approximate surface area is 113 Å². The fraction of sp³-hybridized carbons (Fsp3) is 0.118. The van der Waals surface area contributed by atoms with Crippen LogP contribution in [0.1, 0.15) is 24.1 Å². The van der Waals surface area contributed by atoms with E-state index in [1.165, 1.54) is 6.92 Å². The van der Waals surface area contributed by atoms with Gasteiger partial charge in [0, 0.05) is 12.5 Å². The van der Waals surface area contributed by atoms with Crippen LogP contribution in [-0.2, 0) is 4.79 Å². The average Bonchev–Trinajstić information content (AvgIpc) is 2.45. The molecule has 1 N–H and O–H groups in total. The first-order valence-electron chi connectivity index (χ1n) is 6.14. The van der Waals surface area contributed by atoms with Gasteiger partial charge in [-0.1, -0.05) is 60.4 Å². The minimum Gasteiger partial charge on any atom is -0.339 e. The van der Waals surface area contributed by atoms with Crippen molar-refractivity contribution in [3.8, 4) is 11.8 Å². The van der Waals surface area contributed by atoms with Gasteiger partial charge < -0.3 is 5.32 Å². The molecule has 2 heteroatoms. The van der Waals surface area contributed by atoms with Crippen molar-refractivity contribution < 1.29 is 4.79 Å². The van der Waals surface area contributed by atoms with E-state index in [2.05, 4.69) is 17.2 Å². The summed E-state index contributed by atoms with van der Waals surface area (Å²) in [4.78, 5) is 11.3. The summed E-state index contributed by atoms with van der Waals surface area (Å²) in [6.45, 7) is 1.50. The molecular weight excluding hydrogens is 234 g/mol. The van der Waals surface area contributed by atoms with E-state index in [0.717, 1.165) is 11.1 Å². The second-order valence-electron chi connectivity index (χ2n) is 4.18. The maximum absolute atomic E-state index is 11.3. The molecule has 2 nitrogen and oxygen atoms in total. The van der Waals surface area contributed by atoms with Crippen LogP contribution < -0.4 is 5.32 Å². The SMILES string of the molecule is CC(=O)N[C@H](C#Cc1ccccc1)c1ccccc1. The van der Waals surface area contributed by atoms with Crippen molar-refractivity contribution in [1.82, 2.24) is 5.32 Å². The molecule has 0 spiro atoms. The van der Waals surface area contributed by atoms with Gasteiger partial charge in [-0.2, -0.15) is 0 Å². The highest BCUT2D eigenvalue weighted by Crippen LogP contribution is 2.11. The minimum atomic E-state index is -0.279. The Hall–Kier alpha value is -2.53. The van der Waals surface area contributed by atoms with Crippen molar-refractivity contribution in [2.45, 2.75) is 13.0 Å². The van der Waals surface area contributed by atoms with E-state index >= 15 is 0 Å². The molecule has 0 saturated carbocycles. The molecule has 94 valence electrons. The van der Waals surface area contributed by atoms with Gasteiger partial charge in [0.1, 0.15) is 6.04 Å². The highest BCUT2D eigenvalue weighted by molar-refractivity contribution is 5.74. The van der Waals surface area contributed by atoms with E-state index in [1.54, 1.807) is 0 Å². The topological polar surface area (TPSA) is 29.1 Å². The van der Waals surface area contributed by atoms with Gasteiger partial charge in [0.15, 0.2) is 0 Å². The van der Waals surface area contributed by atoms with E-state index in [0.29, 0.717) is 0 Å². The summed E-state index contributed by atoms with van der Waals surface area (Å²) in [5, 5.41) is 2.85. The van der Waals surface area contributed by atoms with E-state index in [1.807, 2.05) is 60.7 Å². The third-order valence-corrected chi connectivity index (χ3v) is 2.62. The van der Waals surface area contributed by atoms with Gasteiger partial charge >= 0.3 is 0 Å². The van der Waals surface area contributed by atoms with E-state index in [-0.39, 0.29) is 11.9 Å². The van der Waals surface area contributed by atoms with Gasteiger partial charge in [-0.05, 0) is 17.7 Å². The highest BCUT2D eigenvalue weighted by Gasteiger charge is 2.08. The van der Waals surface area contributed by atoms with Crippen molar-refractivity contribution in [3.63, 3.8) is 0 Å². The van der Waals surface area contributed by atoms with Crippen LogP contribution in [0, 0.1) is 11.8 Å². The first-order valence-corrected chi connectivity index (χ1v) is 6.14. The predicted molar refractivity (Wildman–Crippen MR) is 76.3 cm³/mol. The number of hydrogen-bond donors (Lipinski definition) is 1. The molecule has 1 amide bonds. The summed E-state index contributed by atoms with van der Waals surface area (Å²) in [6.07, 6.45) is 0. The van der Waals surface area contributed by atoms with Crippen molar-refractivity contribution in [2.75, 3.05) is 0 Å². The maximum atomic E-state index is 11.3. The molecule has 2 aromatic carbocycles. The third kappa shape index (κ3) is 4.01. The van der Waals surface area contributed by atoms with Crippen molar-refractivity contribution in [2.24, 2.45) is 0 Å². The second-order valence-corrected chi connectivity index (χ2v) is 4.18. The smallest absolute Gasteiger partial charge is 0.218 e. The molecule has 0 fully saturated rings. The number of carbonyl (C=O) groups excluding carboxylic acids is 1. The van der Waals surface area contributed by atoms with Crippen LogP contribution in [0.15, 0.2) is 60.7 Å². The largest absolute Gasteiger partial charge is 0.339 e. The Bertz CT molecular complexity index is 593. The molecule has 0 aliphatic heterocycles. The number of rotatable bonds is 2. The van der Waals surface area contributed by atoms with Crippen LogP contribution in [-0.4, -0.2) is 5.91 Å². The first kappa shape index (κ1) is 12.9. The van der Waals surface area contributed by atoms with E-state index in [4.69, 9.17) is 0 Å². The van der Waals surface area contributed by atoms with Gasteiger partial charge in [0.25, 0.3) is 0 Å². The van der Waals surface area contributed by atoms with Gasteiger partial charge in [0.05, 0.1) is 0 Å². The number of hydrogen-bond acceptors (Lipinski definition) is 1. The summed E-state index contributed by atoms with van der Waals surface area (Å²) >= 11 is 0. The zero-order valence-corrected chi connectivity index (χ0v) is 10.8. The summed E-state index contributed by atoms with van der Waals surface area (Å²) in [5.41, 5.74) is 1.93. The summed E-state index contributed by atoms with van der Waals surface area (Å²) in [6, 6.07) is 19.2. The van der Waals surface area contributed by atoms with Gasteiger partial charge in [-0.15, -0.1) is 0 Å². The Kier molecular flexibility index (Phi) is 4.36. The highest BCUT2D eigenvalue weighted by atomic mass is 16.1. The van der Waals surface area contributed by atoms with Gasteiger partial charge in [-0.25, -0.2) is 0 Å². The molecular formula is C17H15NO. The van der Waals surface area contributed by atoms with Crippen LogP contribution in [0.2, 0.25) is 0 Å². The van der Waals surface area contributed by atoms with Crippen LogP contribution in [0.3, 0.4) is 0 Å². The molecule has 0 saturated heterocycles. The molecule has 0 aliphatic rings. The summed E-state index contributed by atoms with van der Waals surface area (Å²) in [5.74, 6) is 6.10.